The molecule has 1 aliphatic carbocycles. The lowest BCUT2D eigenvalue weighted by Gasteiger charge is -2.32. The van der Waals surface area contributed by atoms with Crippen LogP contribution in [0.5, 0.6) is 0 Å². The van der Waals surface area contributed by atoms with Gasteiger partial charge in [-0.2, -0.15) is 4.31 Å². The summed E-state index contributed by atoms with van der Waals surface area (Å²) >= 11 is 0. The molecule has 7 heteroatoms. The Morgan fingerprint density at radius 2 is 1.71 bits per heavy atom. The molecule has 0 bridgehead atoms. The number of hydrogen-bond acceptors (Lipinski definition) is 4. The van der Waals surface area contributed by atoms with E-state index in [0.29, 0.717) is 18.3 Å². The van der Waals surface area contributed by atoms with Crippen LogP contribution in [0.2, 0.25) is 0 Å². The third-order valence-electron chi connectivity index (χ3n) is 6.19. The number of sulfonamides is 1. The Balaban J connectivity index is 1.60. The van der Waals surface area contributed by atoms with E-state index in [4.69, 9.17) is 0 Å². The summed E-state index contributed by atoms with van der Waals surface area (Å²) in [4.78, 5) is 14.8. The molecule has 1 saturated heterocycles. The molecule has 3 rings (SSSR count). The Morgan fingerprint density at radius 3 is 2.36 bits per heavy atom. The highest BCUT2D eigenvalue weighted by atomic mass is 32.2. The van der Waals surface area contributed by atoms with Gasteiger partial charge >= 0.3 is 0 Å². The first-order valence-corrected chi connectivity index (χ1v) is 11.9. The third kappa shape index (κ3) is 5.13. The zero-order valence-electron chi connectivity index (χ0n) is 17.1. The van der Waals surface area contributed by atoms with E-state index >= 15 is 0 Å². The summed E-state index contributed by atoms with van der Waals surface area (Å²) < 4.78 is 27.3. The summed E-state index contributed by atoms with van der Waals surface area (Å²) in [7, 11) is -1.82. The number of nitrogens with zero attached hydrogens (tertiary/aromatic N) is 2. The van der Waals surface area contributed by atoms with Crippen molar-refractivity contribution in [3.05, 3.63) is 24.3 Å². The Bertz CT molecular complexity index is 758. The largest absolute Gasteiger partial charge is 0.325 e. The highest BCUT2D eigenvalue weighted by Crippen LogP contribution is 2.27. The molecule has 1 aliphatic heterocycles. The van der Waals surface area contributed by atoms with Crippen molar-refractivity contribution in [2.24, 2.45) is 0 Å². The van der Waals surface area contributed by atoms with Crippen LogP contribution in [-0.2, 0) is 14.8 Å². The van der Waals surface area contributed by atoms with Crippen LogP contribution in [0.4, 0.5) is 5.69 Å². The van der Waals surface area contributed by atoms with Gasteiger partial charge in [-0.3, -0.25) is 9.69 Å². The molecule has 1 aromatic rings. The Kier molecular flexibility index (Phi) is 7.12. The van der Waals surface area contributed by atoms with E-state index in [1.165, 1.54) is 17.1 Å². The van der Waals surface area contributed by atoms with Crippen molar-refractivity contribution in [1.29, 1.82) is 0 Å². The van der Waals surface area contributed by atoms with Crippen molar-refractivity contribution in [3.63, 3.8) is 0 Å². The van der Waals surface area contributed by atoms with Crippen LogP contribution in [-0.4, -0.2) is 55.8 Å². The lowest BCUT2D eigenvalue weighted by Crippen LogP contribution is -2.42. The van der Waals surface area contributed by atoms with Gasteiger partial charge in [0.25, 0.3) is 0 Å². The van der Waals surface area contributed by atoms with Crippen molar-refractivity contribution in [1.82, 2.24) is 9.21 Å². The number of piperidine rings is 1. The van der Waals surface area contributed by atoms with Gasteiger partial charge < -0.3 is 5.32 Å². The fraction of sp³-hybridized carbons (Fsp3) is 0.667. The average molecular weight is 408 g/mol. The lowest BCUT2D eigenvalue weighted by atomic mass is 9.96. The SMILES string of the molecule is C[C@H]1CCCCN1CC(=O)Nc1ccc(S(=O)(=O)N(C)C2CCCCC2)cc1. The summed E-state index contributed by atoms with van der Waals surface area (Å²) in [5.74, 6) is -0.0521. The van der Waals surface area contributed by atoms with E-state index in [1.54, 1.807) is 31.3 Å². The topological polar surface area (TPSA) is 69.7 Å². The maximum Gasteiger partial charge on any atom is 0.243 e. The smallest absolute Gasteiger partial charge is 0.243 e. The minimum absolute atomic E-state index is 0.0521. The van der Waals surface area contributed by atoms with E-state index in [1.807, 2.05) is 0 Å². The van der Waals surface area contributed by atoms with Crippen LogP contribution in [0.1, 0.15) is 58.3 Å². The number of nitrogens with one attached hydrogen (secondary N) is 1. The molecule has 1 N–H and O–H groups in total. The van der Waals surface area contributed by atoms with Crippen LogP contribution in [0.15, 0.2) is 29.2 Å². The van der Waals surface area contributed by atoms with Crippen LogP contribution >= 0.6 is 0 Å². The van der Waals surface area contributed by atoms with Gasteiger partial charge in [0.2, 0.25) is 15.9 Å². The first-order valence-electron chi connectivity index (χ1n) is 10.5. The molecule has 1 heterocycles. The second-order valence-corrected chi connectivity index (χ2v) is 10.2. The van der Waals surface area contributed by atoms with Gasteiger partial charge in [-0.1, -0.05) is 25.7 Å². The average Bonchev–Trinajstić information content (AvgIpc) is 2.70. The molecule has 0 radical (unpaired) electrons. The first kappa shape index (κ1) is 21.3. The molecule has 1 amide bonds. The second-order valence-electron chi connectivity index (χ2n) is 8.20. The predicted octanol–water partition coefficient (Wildman–Crippen LogP) is 3.45. The number of hydrogen-bond donors (Lipinski definition) is 1. The van der Waals surface area contributed by atoms with Crippen molar-refractivity contribution in [2.75, 3.05) is 25.5 Å². The molecule has 156 valence electrons. The highest BCUT2D eigenvalue weighted by molar-refractivity contribution is 7.89. The summed E-state index contributed by atoms with van der Waals surface area (Å²) in [6, 6.07) is 7.06. The van der Waals surface area contributed by atoms with Crippen molar-refractivity contribution in [3.8, 4) is 0 Å². The van der Waals surface area contributed by atoms with Crippen LogP contribution in [0.3, 0.4) is 0 Å². The molecular weight excluding hydrogens is 374 g/mol. The minimum Gasteiger partial charge on any atom is -0.325 e. The number of rotatable bonds is 6. The van der Waals surface area contributed by atoms with Crippen LogP contribution in [0.25, 0.3) is 0 Å². The van der Waals surface area contributed by atoms with Crippen molar-refractivity contribution >= 4 is 21.6 Å². The monoisotopic (exact) mass is 407 g/mol. The van der Waals surface area contributed by atoms with Gasteiger partial charge in [0.05, 0.1) is 11.4 Å². The zero-order valence-corrected chi connectivity index (χ0v) is 17.9. The third-order valence-corrected chi connectivity index (χ3v) is 8.12. The van der Waals surface area contributed by atoms with E-state index in [2.05, 4.69) is 17.1 Å². The van der Waals surface area contributed by atoms with Crippen LogP contribution < -0.4 is 5.32 Å². The summed E-state index contributed by atoms with van der Waals surface area (Å²) in [5, 5.41) is 2.89. The Morgan fingerprint density at radius 1 is 1.07 bits per heavy atom. The van der Waals surface area contributed by atoms with Crippen LogP contribution in [0, 0.1) is 0 Å². The number of anilines is 1. The molecule has 1 atom stereocenters. The van der Waals surface area contributed by atoms with Gasteiger partial charge in [0.1, 0.15) is 0 Å². The molecule has 28 heavy (non-hydrogen) atoms. The van der Waals surface area contributed by atoms with E-state index in [9.17, 15) is 13.2 Å². The zero-order chi connectivity index (χ0) is 20.1. The molecule has 0 unspecified atom stereocenters. The first-order chi connectivity index (χ1) is 13.4. The van der Waals surface area contributed by atoms with Crippen molar-refractivity contribution in [2.45, 2.75) is 75.3 Å². The molecule has 6 nitrogen and oxygen atoms in total. The molecule has 0 spiro atoms. The quantitative estimate of drug-likeness (QED) is 0.784. The van der Waals surface area contributed by atoms with Gasteiger partial charge in [0.15, 0.2) is 0 Å². The molecular formula is C21H33N3O3S. The fourth-order valence-corrected chi connectivity index (χ4v) is 5.71. The number of carbonyl (C=O) groups excluding carboxylic acids is 1. The highest BCUT2D eigenvalue weighted by Gasteiger charge is 2.29. The standard InChI is InChI=1S/C21H33N3O3S/c1-17-8-6-7-15-24(17)16-21(25)22-18-11-13-20(14-12-18)28(26,27)23(2)19-9-4-3-5-10-19/h11-14,17,19H,3-10,15-16H2,1-2H3,(H,22,25)/t17-/m0/s1. The Labute approximate surface area is 169 Å². The molecule has 0 aromatic heterocycles. The molecule has 1 saturated carbocycles. The van der Waals surface area contributed by atoms with Gasteiger partial charge in [-0.05, 0) is 63.4 Å². The summed E-state index contributed by atoms with van der Waals surface area (Å²) in [6.07, 6.45) is 8.72. The number of amides is 1. The number of benzene rings is 1. The minimum atomic E-state index is -3.50. The normalized spacial score (nSPS) is 22.3. The predicted molar refractivity (Wildman–Crippen MR) is 112 cm³/mol. The van der Waals surface area contributed by atoms with Gasteiger partial charge in [-0.15, -0.1) is 0 Å². The van der Waals surface area contributed by atoms with Gasteiger partial charge in [-0.25, -0.2) is 8.42 Å². The van der Waals surface area contributed by atoms with Crippen molar-refractivity contribution < 1.29 is 13.2 Å². The number of likely N-dealkylation sites (tertiary alicyclic amines) is 1. The van der Waals surface area contributed by atoms with Gasteiger partial charge in [0, 0.05) is 24.8 Å². The Hall–Kier alpha value is -1.44. The maximum absolute atomic E-state index is 12.9. The molecule has 2 aliphatic rings. The lowest BCUT2D eigenvalue weighted by molar-refractivity contribution is -0.118. The van der Waals surface area contributed by atoms with E-state index in [-0.39, 0.29) is 16.8 Å². The molecule has 2 fully saturated rings. The maximum atomic E-state index is 12.9. The van der Waals surface area contributed by atoms with E-state index < -0.39 is 10.0 Å². The summed E-state index contributed by atoms with van der Waals surface area (Å²) in [5.41, 5.74) is 0.633. The second kappa shape index (κ2) is 9.37. The number of carbonyl (C=O) groups is 1. The molecule has 1 aromatic carbocycles. The summed E-state index contributed by atoms with van der Waals surface area (Å²) in [6.45, 7) is 3.50. The fourth-order valence-electron chi connectivity index (χ4n) is 4.29. The van der Waals surface area contributed by atoms with E-state index in [0.717, 1.165) is 45.1 Å².